The number of hydrogen-bond acceptors (Lipinski definition) is 3. The molecule has 3 nitrogen and oxygen atoms in total. The van der Waals surface area contributed by atoms with Crippen LogP contribution in [0.2, 0.25) is 0 Å². The quantitative estimate of drug-likeness (QED) is 0.358. The standard InChI is InChI=1S/C4H8N2O/c7-4-2-1-3(2)5-6-4/h2-7H,1H2/t2-,3?,4?/m1/s1. The van der Waals surface area contributed by atoms with Crippen LogP contribution < -0.4 is 10.9 Å². The molecule has 2 unspecified atom stereocenters. The molecule has 1 aliphatic carbocycles. The molecule has 1 saturated carbocycles. The minimum absolute atomic E-state index is 0.273. The lowest BCUT2D eigenvalue weighted by Gasteiger charge is -2.01. The number of aliphatic hydroxyl groups is 1. The number of fused-ring (bicyclic) bond motifs is 1. The van der Waals surface area contributed by atoms with E-state index in [0.717, 1.165) is 6.42 Å². The summed E-state index contributed by atoms with van der Waals surface area (Å²) in [6.07, 6.45) is 0.874. The van der Waals surface area contributed by atoms with Crippen LogP contribution in [0.25, 0.3) is 0 Å². The van der Waals surface area contributed by atoms with Gasteiger partial charge in [-0.1, -0.05) is 0 Å². The van der Waals surface area contributed by atoms with Crippen molar-refractivity contribution in [2.24, 2.45) is 5.92 Å². The molecule has 0 aromatic rings. The largest absolute Gasteiger partial charge is 0.377 e. The normalized spacial score (nSPS) is 57.0. The molecule has 1 heterocycles. The van der Waals surface area contributed by atoms with Crippen molar-refractivity contribution >= 4 is 0 Å². The maximum absolute atomic E-state index is 8.87. The van der Waals surface area contributed by atoms with Gasteiger partial charge in [-0.25, -0.2) is 5.43 Å². The van der Waals surface area contributed by atoms with E-state index in [0.29, 0.717) is 12.0 Å². The second kappa shape index (κ2) is 0.992. The van der Waals surface area contributed by atoms with Crippen LogP contribution in [-0.4, -0.2) is 17.4 Å². The predicted molar refractivity (Wildman–Crippen MR) is 24.2 cm³/mol. The average Bonchev–Trinajstić information content (AvgIpc) is 2.33. The first kappa shape index (κ1) is 3.83. The highest BCUT2D eigenvalue weighted by Crippen LogP contribution is 2.35. The molecular weight excluding hydrogens is 92.1 g/mol. The lowest BCUT2D eigenvalue weighted by atomic mass is 10.4. The van der Waals surface area contributed by atoms with E-state index in [-0.39, 0.29) is 6.23 Å². The molecule has 7 heavy (non-hydrogen) atoms. The van der Waals surface area contributed by atoms with E-state index in [9.17, 15) is 0 Å². The zero-order valence-corrected chi connectivity index (χ0v) is 3.89. The predicted octanol–water partition coefficient (Wildman–Crippen LogP) is -1.20. The van der Waals surface area contributed by atoms with E-state index < -0.39 is 0 Å². The van der Waals surface area contributed by atoms with E-state index in [1.165, 1.54) is 0 Å². The van der Waals surface area contributed by atoms with Crippen molar-refractivity contribution in [3.8, 4) is 0 Å². The molecule has 0 bridgehead atoms. The van der Waals surface area contributed by atoms with Gasteiger partial charge in [-0.3, -0.25) is 5.43 Å². The van der Waals surface area contributed by atoms with Gasteiger partial charge >= 0.3 is 0 Å². The Morgan fingerprint density at radius 1 is 1.43 bits per heavy atom. The van der Waals surface area contributed by atoms with E-state index in [1.807, 2.05) is 0 Å². The van der Waals surface area contributed by atoms with E-state index in [1.54, 1.807) is 0 Å². The highest BCUT2D eigenvalue weighted by molar-refractivity contribution is 5.00. The van der Waals surface area contributed by atoms with Gasteiger partial charge in [-0.15, -0.1) is 0 Å². The highest BCUT2D eigenvalue weighted by Gasteiger charge is 2.47. The second-order valence-corrected chi connectivity index (χ2v) is 2.24. The van der Waals surface area contributed by atoms with Gasteiger partial charge in [0.15, 0.2) is 0 Å². The molecule has 2 fully saturated rings. The van der Waals surface area contributed by atoms with Crippen LogP contribution in [0.5, 0.6) is 0 Å². The van der Waals surface area contributed by atoms with Crippen LogP contribution >= 0.6 is 0 Å². The Kier molecular flexibility index (Phi) is 0.543. The topological polar surface area (TPSA) is 44.3 Å². The van der Waals surface area contributed by atoms with Gasteiger partial charge in [0.1, 0.15) is 6.23 Å². The Balaban J connectivity index is 2.08. The zero-order chi connectivity index (χ0) is 4.85. The Morgan fingerprint density at radius 2 is 2.29 bits per heavy atom. The second-order valence-electron chi connectivity index (χ2n) is 2.24. The molecule has 0 radical (unpaired) electrons. The lowest BCUT2D eigenvalue weighted by molar-refractivity contribution is 0.127. The Bertz CT molecular complexity index is 95.7. The van der Waals surface area contributed by atoms with Gasteiger partial charge in [-0.2, -0.15) is 0 Å². The summed E-state index contributed by atoms with van der Waals surface area (Å²) in [4.78, 5) is 0. The van der Waals surface area contributed by atoms with E-state index in [2.05, 4.69) is 10.9 Å². The number of rotatable bonds is 0. The third kappa shape index (κ3) is 0.400. The summed E-state index contributed by atoms with van der Waals surface area (Å²) in [6, 6.07) is 0.579. The van der Waals surface area contributed by atoms with Crippen molar-refractivity contribution in [2.45, 2.75) is 18.7 Å². The summed E-state index contributed by atoms with van der Waals surface area (Å²) >= 11 is 0. The Morgan fingerprint density at radius 3 is 2.43 bits per heavy atom. The molecule has 3 N–H and O–H groups in total. The molecule has 3 heteroatoms. The molecule has 0 aromatic carbocycles. The summed E-state index contributed by atoms with van der Waals surface area (Å²) in [5.74, 6) is 0.514. The molecule has 3 atom stereocenters. The molecule has 1 saturated heterocycles. The Labute approximate surface area is 41.7 Å². The fourth-order valence-electron chi connectivity index (χ4n) is 1.03. The van der Waals surface area contributed by atoms with Crippen molar-refractivity contribution in [3.63, 3.8) is 0 Å². The number of hydrazine groups is 1. The van der Waals surface area contributed by atoms with Crippen molar-refractivity contribution in [1.82, 2.24) is 10.9 Å². The fourth-order valence-corrected chi connectivity index (χ4v) is 1.03. The van der Waals surface area contributed by atoms with Crippen molar-refractivity contribution < 1.29 is 5.11 Å². The molecule has 40 valence electrons. The number of nitrogens with one attached hydrogen (secondary N) is 2. The highest BCUT2D eigenvalue weighted by atomic mass is 16.3. The molecule has 1 aliphatic heterocycles. The van der Waals surface area contributed by atoms with Crippen LogP contribution in [0.1, 0.15) is 6.42 Å². The van der Waals surface area contributed by atoms with Gasteiger partial charge in [0.25, 0.3) is 0 Å². The molecule has 2 rings (SSSR count). The van der Waals surface area contributed by atoms with Gasteiger partial charge in [0.2, 0.25) is 0 Å². The smallest absolute Gasteiger partial charge is 0.121 e. The first-order valence-electron chi connectivity index (χ1n) is 2.57. The molecule has 0 amide bonds. The molecule has 2 aliphatic rings. The number of hydrogen-bond donors (Lipinski definition) is 3. The minimum atomic E-state index is -0.273. The van der Waals surface area contributed by atoms with Gasteiger partial charge < -0.3 is 5.11 Å². The zero-order valence-electron chi connectivity index (χ0n) is 3.89. The summed E-state index contributed by atoms with van der Waals surface area (Å²) in [5, 5.41) is 8.87. The summed E-state index contributed by atoms with van der Waals surface area (Å²) in [7, 11) is 0. The first-order valence-corrected chi connectivity index (χ1v) is 2.57. The SMILES string of the molecule is OC1NNC2C[C@@H]12. The van der Waals surface area contributed by atoms with Gasteiger partial charge in [0.05, 0.1) is 0 Å². The van der Waals surface area contributed by atoms with Gasteiger partial charge in [0, 0.05) is 12.0 Å². The fraction of sp³-hybridized carbons (Fsp3) is 1.00. The summed E-state index contributed by atoms with van der Waals surface area (Å²) < 4.78 is 0. The van der Waals surface area contributed by atoms with Crippen molar-refractivity contribution in [2.75, 3.05) is 0 Å². The van der Waals surface area contributed by atoms with Crippen molar-refractivity contribution in [1.29, 1.82) is 0 Å². The summed E-state index contributed by atoms with van der Waals surface area (Å²) in [6.45, 7) is 0. The van der Waals surface area contributed by atoms with Gasteiger partial charge in [-0.05, 0) is 6.42 Å². The number of aliphatic hydroxyl groups excluding tert-OH is 1. The maximum Gasteiger partial charge on any atom is 0.121 e. The minimum Gasteiger partial charge on any atom is -0.377 e. The van der Waals surface area contributed by atoms with Crippen LogP contribution in [0, 0.1) is 5.92 Å². The van der Waals surface area contributed by atoms with Crippen LogP contribution in [-0.2, 0) is 0 Å². The summed E-state index contributed by atoms with van der Waals surface area (Å²) in [5.41, 5.74) is 5.67. The van der Waals surface area contributed by atoms with Crippen molar-refractivity contribution in [3.05, 3.63) is 0 Å². The van der Waals surface area contributed by atoms with Crippen LogP contribution in [0.4, 0.5) is 0 Å². The monoisotopic (exact) mass is 100 g/mol. The van der Waals surface area contributed by atoms with E-state index in [4.69, 9.17) is 5.11 Å². The lowest BCUT2D eigenvalue weighted by Crippen LogP contribution is -2.34. The van der Waals surface area contributed by atoms with Crippen LogP contribution in [0.3, 0.4) is 0 Å². The van der Waals surface area contributed by atoms with E-state index >= 15 is 0 Å². The maximum atomic E-state index is 8.87. The molecular formula is C4H8N2O. The third-order valence-electron chi connectivity index (χ3n) is 1.66. The molecule has 0 aromatic heterocycles. The average molecular weight is 100 g/mol. The molecule has 0 spiro atoms. The first-order chi connectivity index (χ1) is 3.38. The van der Waals surface area contributed by atoms with Crippen LogP contribution in [0.15, 0.2) is 0 Å². The third-order valence-corrected chi connectivity index (χ3v) is 1.66. The Hall–Kier alpha value is -0.120.